The van der Waals surface area contributed by atoms with Gasteiger partial charge in [0, 0.05) is 11.5 Å². The van der Waals surface area contributed by atoms with Crippen molar-refractivity contribution in [1.82, 2.24) is 14.3 Å². The molecule has 1 amide bonds. The monoisotopic (exact) mass is 618 g/mol. The Morgan fingerprint density at radius 3 is 2.73 bits per heavy atom. The van der Waals surface area contributed by atoms with Crippen LogP contribution in [0.15, 0.2) is 28.8 Å². The summed E-state index contributed by atoms with van der Waals surface area (Å²) >= 11 is 4.82. The molecule has 0 bridgehead atoms. The molecule has 0 spiro atoms. The lowest BCUT2D eigenvalue weighted by atomic mass is 9.77. The van der Waals surface area contributed by atoms with Crippen molar-refractivity contribution in [3.05, 3.63) is 39.2 Å². The van der Waals surface area contributed by atoms with Crippen molar-refractivity contribution in [2.45, 2.75) is 44.5 Å². The summed E-state index contributed by atoms with van der Waals surface area (Å²) in [6.07, 6.45) is 5.21. The highest BCUT2D eigenvalue weighted by Crippen LogP contribution is 2.51. The maximum Gasteiger partial charge on any atom is 0.352 e. The van der Waals surface area contributed by atoms with E-state index in [-0.39, 0.29) is 47.5 Å². The normalized spacial score (nSPS) is 23.0. The summed E-state index contributed by atoms with van der Waals surface area (Å²) in [5, 5.41) is 21.1. The fraction of sp³-hybridized carbons (Fsp3) is 0.429. The van der Waals surface area contributed by atoms with Crippen LogP contribution in [0.3, 0.4) is 0 Å². The molecule has 2 aliphatic rings. The highest BCUT2D eigenvalue weighted by molar-refractivity contribution is 7.98. The van der Waals surface area contributed by atoms with E-state index in [2.05, 4.69) is 9.55 Å². The fourth-order valence-corrected chi connectivity index (χ4v) is 7.85. The van der Waals surface area contributed by atoms with Crippen LogP contribution in [-0.4, -0.2) is 54.8 Å². The molecule has 8 nitrogen and oxygen atoms in total. The standard InChI is InChI=1S/C21H22N4O4S3.HI/c1-9-14(17(21(28)29)25-16(9)15(11(3)26)18(25)27)13-6-24-8-23(19(30-4)20(24)32-13)5-12-10(2)22-7-31-12;/h6-9,11,15-16,26H,5H2,1-4H3;1H/t9-,11+,15+,16+;/m0./s1. The first-order valence-corrected chi connectivity index (χ1v) is 13.1. The van der Waals surface area contributed by atoms with E-state index in [9.17, 15) is 19.8 Å². The summed E-state index contributed by atoms with van der Waals surface area (Å²) in [6, 6.07) is -0.315. The summed E-state index contributed by atoms with van der Waals surface area (Å²) in [6.45, 7) is 6.28. The van der Waals surface area contributed by atoms with E-state index in [0.717, 1.165) is 27.0 Å². The minimum atomic E-state index is -1.11. The van der Waals surface area contributed by atoms with Gasteiger partial charge in [-0.15, -0.1) is 11.3 Å². The van der Waals surface area contributed by atoms with E-state index in [1.165, 1.54) is 21.1 Å². The number of aliphatic hydroxyl groups is 1. The van der Waals surface area contributed by atoms with Crippen LogP contribution in [-0.2, 0) is 16.1 Å². The number of thioether (sulfide) groups is 1. The minimum Gasteiger partial charge on any atom is -1.00 e. The Kier molecular flexibility index (Phi) is 6.68. The van der Waals surface area contributed by atoms with Gasteiger partial charge in [-0.2, -0.15) is 4.40 Å². The number of rotatable bonds is 6. The Labute approximate surface area is 220 Å². The maximum absolute atomic E-state index is 12.6. The molecule has 2 aliphatic heterocycles. The number of nitrogens with zero attached hydrogens (tertiary/aromatic N) is 4. The zero-order valence-electron chi connectivity index (χ0n) is 18.4. The number of hydrogen-bond donors (Lipinski definition) is 2. The average Bonchev–Trinajstić information content (AvgIpc) is 3.43. The first kappa shape index (κ1) is 24.6. The summed E-state index contributed by atoms with van der Waals surface area (Å²) in [5.41, 5.74) is 3.60. The number of β-lactam (4-membered cyclic amide) rings is 1. The highest BCUT2D eigenvalue weighted by atomic mass is 127. The van der Waals surface area contributed by atoms with Crippen molar-refractivity contribution in [2.24, 2.45) is 11.8 Å². The van der Waals surface area contributed by atoms with Crippen LogP contribution >= 0.6 is 34.4 Å². The quantitative estimate of drug-likeness (QED) is 0.167. The van der Waals surface area contributed by atoms with Gasteiger partial charge in [0.2, 0.25) is 15.8 Å². The molecular weight excluding hydrogens is 595 g/mol. The number of amides is 1. The van der Waals surface area contributed by atoms with Crippen molar-refractivity contribution in [3.8, 4) is 0 Å². The molecule has 1 saturated heterocycles. The van der Waals surface area contributed by atoms with Gasteiger partial charge < -0.3 is 39.1 Å². The topological polar surface area (TPSA) is 99.0 Å². The molecule has 0 aromatic carbocycles. The zero-order chi connectivity index (χ0) is 22.9. The van der Waals surface area contributed by atoms with Gasteiger partial charge in [-0.25, -0.2) is 14.3 Å². The number of thiazole rings is 2. The molecular formula is C21H23IN4O4S3. The molecule has 5 heterocycles. The van der Waals surface area contributed by atoms with Crippen LogP contribution in [0.1, 0.15) is 29.3 Å². The molecule has 0 radical (unpaired) electrons. The molecule has 3 aromatic rings. The number of halogens is 1. The third-order valence-electron chi connectivity index (χ3n) is 6.40. The summed E-state index contributed by atoms with van der Waals surface area (Å²) in [7, 11) is 0. The lowest BCUT2D eigenvalue weighted by molar-refractivity contribution is -0.721. The number of aliphatic hydroxyl groups excluding tert-OH is 1. The number of carboxylic acids is 1. The lowest BCUT2D eigenvalue weighted by Gasteiger charge is -2.46. The second-order valence-electron chi connectivity index (χ2n) is 8.24. The molecule has 33 heavy (non-hydrogen) atoms. The molecule has 0 aliphatic carbocycles. The fourth-order valence-electron chi connectivity index (χ4n) is 4.90. The van der Waals surface area contributed by atoms with Crippen molar-refractivity contribution in [2.75, 3.05) is 6.26 Å². The van der Waals surface area contributed by atoms with Gasteiger partial charge in [0.25, 0.3) is 6.33 Å². The first-order valence-electron chi connectivity index (χ1n) is 10.2. The highest BCUT2D eigenvalue weighted by Gasteiger charge is 2.60. The Bertz CT molecular complexity index is 1290. The number of fused-ring (bicyclic) bond motifs is 2. The second-order valence-corrected chi connectivity index (χ2v) is 11.0. The van der Waals surface area contributed by atoms with Crippen LogP contribution < -0.4 is 28.5 Å². The number of aromatic nitrogens is 3. The number of carboxylic acid groups (broad SMARTS) is 1. The van der Waals surface area contributed by atoms with E-state index in [0.29, 0.717) is 5.57 Å². The zero-order valence-corrected chi connectivity index (χ0v) is 23.0. The van der Waals surface area contributed by atoms with E-state index >= 15 is 0 Å². The predicted molar refractivity (Wildman–Crippen MR) is 123 cm³/mol. The molecule has 12 heteroatoms. The van der Waals surface area contributed by atoms with E-state index < -0.39 is 18.0 Å². The average molecular weight is 619 g/mol. The van der Waals surface area contributed by atoms with Crippen LogP contribution in [0.25, 0.3) is 10.4 Å². The molecule has 1 fully saturated rings. The predicted octanol–water partition coefficient (Wildman–Crippen LogP) is -0.519. The van der Waals surface area contributed by atoms with Crippen LogP contribution in [0, 0.1) is 18.8 Å². The van der Waals surface area contributed by atoms with Crippen molar-refractivity contribution in [1.29, 1.82) is 0 Å². The van der Waals surface area contributed by atoms with Crippen molar-refractivity contribution < 1.29 is 48.3 Å². The summed E-state index contributed by atoms with van der Waals surface area (Å²) in [4.78, 5) is 33.6. The van der Waals surface area contributed by atoms with Crippen LogP contribution in [0.2, 0.25) is 0 Å². The Balaban J connectivity index is 0.00000259. The first-order chi connectivity index (χ1) is 15.2. The van der Waals surface area contributed by atoms with Gasteiger partial charge in [-0.3, -0.25) is 4.79 Å². The van der Waals surface area contributed by atoms with Gasteiger partial charge in [-0.1, -0.05) is 30.0 Å². The molecule has 2 N–H and O–H groups in total. The van der Waals surface area contributed by atoms with E-state index in [1.807, 2.05) is 42.5 Å². The second kappa shape index (κ2) is 8.95. The van der Waals surface area contributed by atoms with Gasteiger partial charge in [0.1, 0.15) is 18.4 Å². The molecule has 0 unspecified atom stereocenters. The van der Waals surface area contributed by atoms with Gasteiger partial charge >= 0.3 is 5.97 Å². The molecule has 176 valence electrons. The maximum atomic E-state index is 12.6. The molecule has 5 rings (SSSR count). The Morgan fingerprint density at radius 1 is 1.42 bits per heavy atom. The third kappa shape index (κ3) is 3.65. The molecule has 4 atom stereocenters. The number of imidazole rings is 1. The number of hydrogen-bond acceptors (Lipinski definition) is 7. The number of carbonyl (C=O) groups excluding carboxylic acids is 1. The minimum absolute atomic E-state index is 0. The number of aryl methyl sites for hydroxylation is 1. The van der Waals surface area contributed by atoms with Gasteiger partial charge in [0.15, 0.2) is 0 Å². The Hall–Kier alpha value is -1.48. The largest absolute Gasteiger partial charge is 1.00 e. The van der Waals surface area contributed by atoms with Gasteiger partial charge in [-0.05, 0) is 20.1 Å². The van der Waals surface area contributed by atoms with Crippen molar-refractivity contribution in [3.63, 3.8) is 0 Å². The molecule has 0 saturated carbocycles. The third-order valence-corrected chi connectivity index (χ3v) is 9.40. The smallest absolute Gasteiger partial charge is 0.352 e. The van der Waals surface area contributed by atoms with Gasteiger partial charge in [0.05, 0.1) is 39.0 Å². The van der Waals surface area contributed by atoms with Crippen molar-refractivity contribution >= 4 is 56.7 Å². The van der Waals surface area contributed by atoms with Crippen LogP contribution in [0.4, 0.5) is 0 Å². The number of aliphatic carboxylic acids is 1. The number of carbonyl (C=O) groups is 2. The lowest BCUT2D eigenvalue weighted by Crippen LogP contribution is -3.00. The Morgan fingerprint density at radius 2 is 2.15 bits per heavy atom. The van der Waals surface area contributed by atoms with E-state index in [1.54, 1.807) is 30.0 Å². The van der Waals surface area contributed by atoms with E-state index in [4.69, 9.17) is 0 Å². The SMILES string of the molecule is CSc1c2sc(C3=C(C(=O)O)N4C(=O)[C@H]([C@@H](C)O)[C@H]4[C@H]3C)cn2c[n+]1Cc1scnc1C.[I-]. The summed E-state index contributed by atoms with van der Waals surface area (Å²) in [5.74, 6) is -2.15. The van der Waals surface area contributed by atoms with Crippen LogP contribution in [0.5, 0.6) is 0 Å². The summed E-state index contributed by atoms with van der Waals surface area (Å²) < 4.78 is 4.22. The molecule has 3 aromatic heterocycles.